The third-order valence-corrected chi connectivity index (χ3v) is 8.22. The summed E-state index contributed by atoms with van der Waals surface area (Å²) in [5.74, 6) is -1.35. The summed E-state index contributed by atoms with van der Waals surface area (Å²) in [6.07, 6.45) is -1.59. The van der Waals surface area contributed by atoms with Crippen LogP contribution in [0.15, 0.2) is 48.5 Å². The predicted octanol–water partition coefficient (Wildman–Crippen LogP) is 7.06. The molecule has 1 heterocycles. The number of fused-ring (bicyclic) bond motifs is 3. The third kappa shape index (κ3) is 5.03. The van der Waals surface area contributed by atoms with Crippen molar-refractivity contribution in [1.82, 2.24) is 0 Å². The minimum absolute atomic E-state index is 0.0881. The largest absolute Gasteiger partial charge is 0.516 e. The van der Waals surface area contributed by atoms with Crippen LogP contribution < -0.4 is 4.31 Å². The van der Waals surface area contributed by atoms with E-state index in [1.54, 1.807) is 52.0 Å². The molecule has 0 radical (unpaired) electrons. The number of hydrogen-bond acceptors (Lipinski definition) is 4. The molecule has 0 amide bonds. The molecule has 0 aliphatic carbocycles. The van der Waals surface area contributed by atoms with E-state index in [1.165, 1.54) is 6.92 Å². The second-order valence-corrected chi connectivity index (χ2v) is 12.5. The highest BCUT2D eigenvalue weighted by Gasteiger charge is 2.52. The molecule has 0 aromatic heterocycles. The number of aliphatic carboxylic acids is 1. The predicted molar refractivity (Wildman–Crippen MR) is 144 cm³/mol. The Balaban J connectivity index is 2.22. The van der Waals surface area contributed by atoms with E-state index in [4.69, 9.17) is 4.74 Å². The maximum Gasteiger partial charge on any atom is 0.516 e. The molecule has 1 aliphatic heterocycles. The van der Waals surface area contributed by atoms with Crippen LogP contribution in [0.4, 0.5) is 18.9 Å². The van der Waals surface area contributed by atoms with Crippen LogP contribution in [0, 0.1) is 20.8 Å². The number of ether oxygens (including phenoxy) is 1. The maximum atomic E-state index is 14.0. The Labute approximate surface area is 226 Å². The summed E-state index contributed by atoms with van der Waals surface area (Å²) >= 11 is 0. The lowest BCUT2D eigenvalue weighted by Crippen LogP contribution is -2.42. The van der Waals surface area contributed by atoms with Gasteiger partial charge in [0.2, 0.25) is 0 Å². The maximum absolute atomic E-state index is 14.0. The number of rotatable bonds is 5. The summed E-state index contributed by atoms with van der Waals surface area (Å²) in [6, 6.07) is 14.0. The number of halogens is 3. The monoisotopic (exact) mass is 561 g/mol. The number of carboxylic acid groups (broad SMARTS) is 1. The van der Waals surface area contributed by atoms with E-state index in [9.17, 15) is 31.5 Å². The lowest BCUT2D eigenvalue weighted by atomic mass is 9.80. The fraction of sp³-hybridized carbons (Fsp3) is 0.345. The van der Waals surface area contributed by atoms with Gasteiger partial charge < -0.3 is 9.84 Å². The Morgan fingerprint density at radius 3 is 2.08 bits per heavy atom. The van der Waals surface area contributed by atoms with Gasteiger partial charge in [-0.25, -0.2) is 4.79 Å². The van der Waals surface area contributed by atoms with Crippen LogP contribution in [0.2, 0.25) is 0 Å². The molecule has 1 atom stereocenters. The summed E-state index contributed by atoms with van der Waals surface area (Å²) < 4.78 is 74.1. The van der Waals surface area contributed by atoms with Gasteiger partial charge in [0.15, 0.2) is 6.10 Å². The Kier molecular flexibility index (Phi) is 7.10. The Bertz CT molecular complexity index is 1560. The highest BCUT2D eigenvalue weighted by Crippen LogP contribution is 2.52. The van der Waals surface area contributed by atoms with Crippen molar-refractivity contribution in [3.63, 3.8) is 0 Å². The van der Waals surface area contributed by atoms with Crippen molar-refractivity contribution in [3.8, 4) is 22.3 Å². The van der Waals surface area contributed by atoms with Gasteiger partial charge in [0.25, 0.3) is 0 Å². The van der Waals surface area contributed by atoms with Crippen molar-refractivity contribution in [1.29, 1.82) is 0 Å². The van der Waals surface area contributed by atoms with Gasteiger partial charge in [-0.2, -0.15) is 21.6 Å². The highest BCUT2D eigenvalue weighted by molar-refractivity contribution is 7.93. The summed E-state index contributed by atoms with van der Waals surface area (Å²) in [7, 11) is -5.83. The van der Waals surface area contributed by atoms with Crippen molar-refractivity contribution in [2.45, 2.75) is 65.3 Å². The molecule has 4 rings (SSSR count). The third-order valence-electron chi connectivity index (χ3n) is 6.75. The van der Waals surface area contributed by atoms with E-state index in [0.29, 0.717) is 37.7 Å². The zero-order valence-corrected chi connectivity index (χ0v) is 23.3. The smallest absolute Gasteiger partial charge is 0.479 e. The number of aryl methyl sites for hydroxylation is 1. The van der Waals surface area contributed by atoms with Crippen molar-refractivity contribution < 1.29 is 36.2 Å². The van der Waals surface area contributed by atoms with E-state index in [2.05, 4.69) is 0 Å². The number of carbonyl (C=O) groups is 1. The van der Waals surface area contributed by atoms with Gasteiger partial charge in [0.05, 0.1) is 17.8 Å². The first-order valence-electron chi connectivity index (χ1n) is 12.3. The average molecular weight is 562 g/mol. The van der Waals surface area contributed by atoms with Crippen LogP contribution in [0.25, 0.3) is 22.3 Å². The molecule has 1 N–H and O–H groups in total. The molecule has 10 heteroatoms. The standard InChI is InChI=1S/C29H30F3NO5S/c1-16-11-13-19(14-12-16)22-17(2)23-21-10-8-7-9-20(21)15-33(39(36,37)29(30,31)32)25(23)18(3)24(22)26(27(34)35)38-28(4,5)6/h7-14,26H,15H2,1-6H3,(H,34,35)/t26-/m0/s1. The van der Waals surface area contributed by atoms with Gasteiger partial charge >= 0.3 is 21.5 Å². The zero-order valence-electron chi connectivity index (χ0n) is 22.5. The van der Waals surface area contributed by atoms with Gasteiger partial charge in [-0.3, -0.25) is 4.31 Å². The number of sulfonamides is 1. The van der Waals surface area contributed by atoms with E-state index >= 15 is 0 Å². The highest BCUT2D eigenvalue weighted by atomic mass is 32.2. The molecule has 1 aliphatic rings. The normalized spacial score (nSPS) is 14.5. The van der Waals surface area contributed by atoms with Gasteiger partial charge in [-0.05, 0) is 74.9 Å². The van der Waals surface area contributed by atoms with Crippen LogP contribution in [0.3, 0.4) is 0 Å². The topological polar surface area (TPSA) is 83.9 Å². The molecule has 0 fully saturated rings. The fourth-order valence-corrected chi connectivity index (χ4v) is 6.15. The van der Waals surface area contributed by atoms with E-state index in [0.717, 1.165) is 5.56 Å². The molecule has 39 heavy (non-hydrogen) atoms. The van der Waals surface area contributed by atoms with Gasteiger partial charge in [0.1, 0.15) is 0 Å². The minimum Gasteiger partial charge on any atom is -0.479 e. The first kappa shape index (κ1) is 28.6. The molecule has 208 valence electrons. The Morgan fingerprint density at radius 1 is 0.949 bits per heavy atom. The van der Waals surface area contributed by atoms with Crippen molar-refractivity contribution in [2.75, 3.05) is 4.31 Å². The van der Waals surface area contributed by atoms with Crippen LogP contribution >= 0.6 is 0 Å². The molecule has 0 saturated carbocycles. The number of anilines is 1. The number of benzene rings is 3. The SMILES string of the molecule is Cc1ccc(-c2c(C)c3c(c(C)c2[C@H](OC(C)(C)C)C(=O)O)N(S(=O)(=O)C(F)(F)F)Cc2ccccc2-3)cc1. The number of nitrogens with zero attached hydrogens (tertiary/aromatic N) is 1. The average Bonchev–Trinajstić information content (AvgIpc) is 2.83. The van der Waals surface area contributed by atoms with Crippen molar-refractivity contribution >= 4 is 21.7 Å². The van der Waals surface area contributed by atoms with Crippen molar-refractivity contribution in [3.05, 3.63) is 76.3 Å². The van der Waals surface area contributed by atoms with Crippen LogP contribution in [-0.2, 0) is 26.1 Å². The number of alkyl halides is 3. The minimum atomic E-state index is -5.83. The molecular formula is C29H30F3NO5S. The number of carboxylic acids is 1. The lowest BCUT2D eigenvalue weighted by Gasteiger charge is -2.38. The summed E-state index contributed by atoms with van der Waals surface area (Å²) in [4.78, 5) is 12.6. The van der Waals surface area contributed by atoms with Crippen LogP contribution in [0.5, 0.6) is 0 Å². The first-order chi connectivity index (χ1) is 18.0. The molecule has 6 nitrogen and oxygen atoms in total. The Hall–Kier alpha value is -3.37. The van der Waals surface area contributed by atoms with Gasteiger partial charge in [0, 0.05) is 11.1 Å². The second-order valence-electron chi connectivity index (χ2n) is 10.7. The quantitative estimate of drug-likeness (QED) is 0.361. The molecular weight excluding hydrogens is 531 g/mol. The van der Waals surface area contributed by atoms with Crippen molar-refractivity contribution in [2.24, 2.45) is 0 Å². The molecule has 0 bridgehead atoms. The first-order valence-corrected chi connectivity index (χ1v) is 13.7. The van der Waals surface area contributed by atoms with E-state index in [1.807, 2.05) is 31.2 Å². The van der Waals surface area contributed by atoms with E-state index in [-0.39, 0.29) is 16.8 Å². The van der Waals surface area contributed by atoms with E-state index < -0.39 is 39.8 Å². The van der Waals surface area contributed by atoms with Crippen LogP contribution in [0.1, 0.15) is 54.7 Å². The van der Waals surface area contributed by atoms with Crippen LogP contribution in [-0.4, -0.2) is 30.6 Å². The fourth-order valence-electron chi connectivity index (χ4n) is 5.12. The van der Waals surface area contributed by atoms with Gasteiger partial charge in [-0.1, -0.05) is 54.1 Å². The molecule has 0 saturated heterocycles. The molecule has 0 spiro atoms. The lowest BCUT2D eigenvalue weighted by molar-refractivity contribution is -0.160. The Morgan fingerprint density at radius 2 is 1.54 bits per heavy atom. The second kappa shape index (κ2) is 9.67. The van der Waals surface area contributed by atoms with Gasteiger partial charge in [-0.15, -0.1) is 0 Å². The zero-order chi connectivity index (χ0) is 29.1. The summed E-state index contributed by atoms with van der Waals surface area (Å²) in [5, 5.41) is 10.3. The summed E-state index contributed by atoms with van der Waals surface area (Å²) in [6.45, 7) is 9.50. The summed E-state index contributed by atoms with van der Waals surface area (Å²) in [5.41, 5.74) is -2.68. The molecule has 3 aromatic carbocycles. The number of hydrogen-bond donors (Lipinski definition) is 1. The molecule has 3 aromatic rings. The molecule has 0 unspecified atom stereocenters.